The fourth-order valence-corrected chi connectivity index (χ4v) is 3.03. The molecule has 5 heteroatoms. The first-order chi connectivity index (χ1) is 12.1. The standard InChI is InChI=1S/C20H23N3O2/c1-14-16-9-5-6-10-17(16)22-19(21-14)13-23(2)12-15-8-7-11-18(24-3)20(15)25-4/h5-11H,12-13H2,1-4H3. The first kappa shape index (κ1) is 17.2. The predicted molar refractivity (Wildman–Crippen MR) is 99.0 cm³/mol. The molecule has 0 saturated heterocycles. The molecule has 25 heavy (non-hydrogen) atoms. The lowest BCUT2D eigenvalue weighted by atomic mass is 10.1. The fourth-order valence-electron chi connectivity index (χ4n) is 3.03. The molecule has 3 rings (SSSR count). The zero-order valence-corrected chi connectivity index (χ0v) is 15.1. The number of hydrogen-bond donors (Lipinski definition) is 0. The third-order valence-corrected chi connectivity index (χ3v) is 4.18. The second-order valence-corrected chi connectivity index (χ2v) is 6.07. The fraction of sp³-hybridized carbons (Fsp3) is 0.300. The van der Waals surface area contributed by atoms with Crippen LogP contribution in [0.3, 0.4) is 0 Å². The molecule has 0 amide bonds. The van der Waals surface area contributed by atoms with Crippen molar-refractivity contribution in [2.75, 3.05) is 21.3 Å². The van der Waals surface area contributed by atoms with Crippen molar-refractivity contribution in [1.29, 1.82) is 0 Å². The molecule has 0 fully saturated rings. The molecule has 0 aliphatic heterocycles. The lowest BCUT2D eigenvalue weighted by Crippen LogP contribution is -2.19. The van der Waals surface area contributed by atoms with Gasteiger partial charge in [-0.2, -0.15) is 0 Å². The maximum Gasteiger partial charge on any atom is 0.165 e. The monoisotopic (exact) mass is 337 g/mol. The predicted octanol–water partition coefficient (Wildman–Crippen LogP) is 3.59. The number of aryl methyl sites for hydroxylation is 1. The first-order valence-electron chi connectivity index (χ1n) is 8.23. The molecule has 0 N–H and O–H groups in total. The molecule has 0 bridgehead atoms. The van der Waals surface area contributed by atoms with Gasteiger partial charge < -0.3 is 9.47 Å². The zero-order chi connectivity index (χ0) is 17.8. The Morgan fingerprint density at radius 3 is 2.48 bits per heavy atom. The van der Waals surface area contributed by atoms with Crippen LogP contribution in [0.2, 0.25) is 0 Å². The van der Waals surface area contributed by atoms with E-state index in [1.807, 2.05) is 50.4 Å². The van der Waals surface area contributed by atoms with E-state index in [-0.39, 0.29) is 0 Å². The quantitative estimate of drug-likeness (QED) is 0.688. The second-order valence-electron chi connectivity index (χ2n) is 6.07. The Bertz CT molecular complexity index is 880. The molecule has 0 aliphatic carbocycles. The van der Waals surface area contributed by atoms with Crippen LogP contribution < -0.4 is 9.47 Å². The van der Waals surface area contributed by atoms with E-state index in [2.05, 4.69) is 20.9 Å². The minimum Gasteiger partial charge on any atom is -0.493 e. The molecule has 1 aromatic heterocycles. The zero-order valence-electron chi connectivity index (χ0n) is 15.1. The SMILES string of the molecule is COc1cccc(CN(C)Cc2nc(C)c3ccccc3n2)c1OC. The molecule has 0 saturated carbocycles. The maximum atomic E-state index is 5.51. The van der Waals surface area contributed by atoms with Crippen LogP contribution in [0.4, 0.5) is 0 Å². The summed E-state index contributed by atoms with van der Waals surface area (Å²) in [6.45, 7) is 3.40. The molecule has 1 heterocycles. The number of rotatable bonds is 6. The van der Waals surface area contributed by atoms with Gasteiger partial charge in [0.2, 0.25) is 0 Å². The summed E-state index contributed by atoms with van der Waals surface area (Å²) >= 11 is 0. The first-order valence-corrected chi connectivity index (χ1v) is 8.23. The highest BCUT2D eigenvalue weighted by atomic mass is 16.5. The van der Waals surface area contributed by atoms with Crippen LogP contribution in [0.15, 0.2) is 42.5 Å². The Labute approximate surface area is 148 Å². The number of aromatic nitrogens is 2. The van der Waals surface area contributed by atoms with Crippen LogP contribution in [0.5, 0.6) is 11.5 Å². The highest BCUT2D eigenvalue weighted by molar-refractivity contribution is 5.80. The smallest absolute Gasteiger partial charge is 0.165 e. The number of benzene rings is 2. The highest BCUT2D eigenvalue weighted by Crippen LogP contribution is 2.31. The van der Waals surface area contributed by atoms with Crippen LogP contribution in [-0.2, 0) is 13.1 Å². The highest BCUT2D eigenvalue weighted by Gasteiger charge is 2.13. The number of methoxy groups -OCH3 is 2. The van der Waals surface area contributed by atoms with Crippen molar-refractivity contribution in [3.8, 4) is 11.5 Å². The Morgan fingerprint density at radius 2 is 1.72 bits per heavy atom. The van der Waals surface area contributed by atoms with Crippen molar-refractivity contribution in [1.82, 2.24) is 14.9 Å². The van der Waals surface area contributed by atoms with Crippen molar-refractivity contribution in [3.05, 3.63) is 59.5 Å². The molecular formula is C20H23N3O2. The molecular weight excluding hydrogens is 314 g/mol. The van der Waals surface area contributed by atoms with Gasteiger partial charge in [-0.25, -0.2) is 9.97 Å². The Kier molecular flexibility index (Phi) is 5.14. The van der Waals surface area contributed by atoms with E-state index in [1.165, 1.54) is 0 Å². The van der Waals surface area contributed by atoms with Crippen LogP contribution in [-0.4, -0.2) is 36.1 Å². The molecule has 0 unspecified atom stereocenters. The molecule has 3 aromatic rings. The van der Waals surface area contributed by atoms with Crippen LogP contribution >= 0.6 is 0 Å². The van der Waals surface area contributed by atoms with Gasteiger partial charge in [0.25, 0.3) is 0 Å². The van der Waals surface area contributed by atoms with Crippen molar-refractivity contribution in [3.63, 3.8) is 0 Å². The average Bonchev–Trinajstić information content (AvgIpc) is 2.61. The van der Waals surface area contributed by atoms with Crippen molar-refractivity contribution in [2.24, 2.45) is 0 Å². The second kappa shape index (κ2) is 7.49. The number of nitrogens with zero attached hydrogens (tertiary/aromatic N) is 3. The van der Waals surface area contributed by atoms with Crippen molar-refractivity contribution in [2.45, 2.75) is 20.0 Å². The summed E-state index contributed by atoms with van der Waals surface area (Å²) in [5.41, 5.74) is 3.06. The largest absolute Gasteiger partial charge is 0.493 e. The topological polar surface area (TPSA) is 47.5 Å². The molecule has 0 aliphatic rings. The number of hydrogen-bond acceptors (Lipinski definition) is 5. The van der Waals surface area contributed by atoms with Gasteiger partial charge >= 0.3 is 0 Å². The number of fused-ring (bicyclic) bond motifs is 1. The van der Waals surface area contributed by atoms with Crippen molar-refractivity contribution >= 4 is 10.9 Å². The maximum absolute atomic E-state index is 5.51. The van der Waals surface area contributed by atoms with Crippen LogP contribution in [0.1, 0.15) is 17.1 Å². The minimum absolute atomic E-state index is 0.659. The molecule has 0 atom stereocenters. The van der Waals surface area contributed by atoms with Gasteiger partial charge in [0.05, 0.1) is 26.3 Å². The molecule has 2 aromatic carbocycles. The van der Waals surface area contributed by atoms with Gasteiger partial charge in [0.1, 0.15) is 5.82 Å². The van der Waals surface area contributed by atoms with E-state index in [0.717, 1.165) is 46.0 Å². The summed E-state index contributed by atoms with van der Waals surface area (Å²) in [5, 5.41) is 1.10. The van der Waals surface area contributed by atoms with Gasteiger partial charge in [-0.05, 0) is 26.1 Å². The van der Waals surface area contributed by atoms with Gasteiger partial charge in [-0.3, -0.25) is 4.90 Å². The lowest BCUT2D eigenvalue weighted by molar-refractivity contribution is 0.297. The van der Waals surface area contributed by atoms with Crippen LogP contribution in [0, 0.1) is 6.92 Å². The lowest BCUT2D eigenvalue weighted by Gasteiger charge is -2.19. The minimum atomic E-state index is 0.659. The number of ether oxygens (including phenoxy) is 2. The van der Waals surface area contributed by atoms with E-state index in [0.29, 0.717) is 6.54 Å². The molecule has 5 nitrogen and oxygen atoms in total. The number of para-hydroxylation sites is 2. The molecule has 130 valence electrons. The Hall–Kier alpha value is -2.66. The summed E-state index contributed by atoms with van der Waals surface area (Å²) in [7, 11) is 5.36. The van der Waals surface area contributed by atoms with E-state index < -0.39 is 0 Å². The molecule has 0 radical (unpaired) electrons. The normalized spacial score (nSPS) is 11.1. The Morgan fingerprint density at radius 1 is 0.920 bits per heavy atom. The van der Waals surface area contributed by atoms with E-state index in [4.69, 9.17) is 9.47 Å². The van der Waals surface area contributed by atoms with E-state index in [9.17, 15) is 0 Å². The Balaban J connectivity index is 1.80. The average molecular weight is 337 g/mol. The van der Waals surface area contributed by atoms with Gasteiger partial charge in [-0.15, -0.1) is 0 Å². The van der Waals surface area contributed by atoms with Gasteiger partial charge in [0, 0.05) is 23.2 Å². The van der Waals surface area contributed by atoms with E-state index >= 15 is 0 Å². The third-order valence-electron chi connectivity index (χ3n) is 4.18. The third kappa shape index (κ3) is 3.72. The van der Waals surface area contributed by atoms with Crippen molar-refractivity contribution < 1.29 is 9.47 Å². The van der Waals surface area contributed by atoms with E-state index in [1.54, 1.807) is 14.2 Å². The van der Waals surface area contributed by atoms with Crippen LogP contribution in [0.25, 0.3) is 10.9 Å². The molecule has 0 spiro atoms. The summed E-state index contributed by atoms with van der Waals surface area (Å²) in [6, 6.07) is 14.0. The summed E-state index contributed by atoms with van der Waals surface area (Å²) in [6.07, 6.45) is 0. The van der Waals surface area contributed by atoms with Gasteiger partial charge in [0.15, 0.2) is 11.5 Å². The summed E-state index contributed by atoms with van der Waals surface area (Å²) < 4.78 is 10.9. The summed E-state index contributed by atoms with van der Waals surface area (Å²) in [5.74, 6) is 2.33. The summed E-state index contributed by atoms with van der Waals surface area (Å²) in [4.78, 5) is 11.5. The van der Waals surface area contributed by atoms with Gasteiger partial charge in [-0.1, -0.05) is 30.3 Å².